The van der Waals surface area contributed by atoms with E-state index in [4.69, 9.17) is 14.2 Å². The molecule has 2 fully saturated rings. The van der Waals surface area contributed by atoms with E-state index in [-0.39, 0.29) is 40.9 Å². The zero-order valence-corrected chi connectivity index (χ0v) is 24.1. The Balaban J connectivity index is 1.63. The summed E-state index contributed by atoms with van der Waals surface area (Å²) in [4.78, 5) is 39.5. The van der Waals surface area contributed by atoms with Crippen molar-refractivity contribution in [3.05, 3.63) is 64.0 Å². The fraction of sp³-hybridized carbons (Fsp3) is 0.500. The average molecular weight is 558 g/mol. The quantitative estimate of drug-likeness (QED) is 0.292. The number of carbonyl (C=O) groups excluding carboxylic acids is 2. The summed E-state index contributed by atoms with van der Waals surface area (Å²) in [5, 5.41) is 9.56. The second-order valence-electron chi connectivity index (χ2n) is 11.8. The van der Waals surface area contributed by atoms with Crippen molar-refractivity contribution in [3.63, 3.8) is 0 Å². The van der Waals surface area contributed by atoms with Gasteiger partial charge in [0.2, 0.25) is 0 Å². The van der Waals surface area contributed by atoms with Gasteiger partial charge in [-0.15, -0.1) is 0 Å². The van der Waals surface area contributed by atoms with E-state index in [0.717, 1.165) is 0 Å². The molecule has 0 bridgehead atoms. The first-order valence-corrected chi connectivity index (χ1v) is 13.4. The predicted octanol–water partition coefficient (Wildman–Crippen LogP) is 4.89. The second-order valence-corrected chi connectivity index (χ2v) is 11.8. The lowest BCUT2D eigenvalue weighted by atomic mass is 10.0. The number of carboxylic acid groups (broad SMARTS) is 1. The number of ether oxygens (including phenoxy) is 3. The molecular formula is C30H38FN2O7+. The molecule has 2 saturated heterocycles. The normalized spacial score (nSPS) is 23.1. The summed E-state index contributed by atoms with van der Waals surface area (Å²) in [6.07, 6.45) is -0.904. The number of carbonyl (C=O) groups is 3. The second kappa shape index (κ2) is 10.8. The number of methoxy groups -OCH3 is 1. The highest BCUT2D eigenvalue weighted by Crippen LogP contribution is 2.45. The molecule has 216 valence electrons. The Bertz CT molecular complexity index is 1340. The molecule has 0 spiro atoms. The smallest absolute Gasteiger partial charge is 0.483 e. The molecule has 2 aromatic carbocycles. The third kappa shape index (κ3) is 5.69. The molecule has 0 aromatic heterocycles. The van der Waals surface area contributed by atoms with Crippen molar-refractivity contribution >= 4 is 18.0 Å². The molecule has 2 aliphatic rings. The monoisotopic (exact) mass is 557 g/mol. The average Bonchev–Trinajstić information content (AvgIpc) is 3.48. The third-order valence-corrected chi connectivity index (χ3v) is 7.97. The first-order chi connectivity index (χ1) is 18.7. The summed E-state index contributed by atoms with van der Waals surface area (Å²) in [7, 11) is 1.21. The van der Waals surface area contributed by atoms with E-state index in [1.54, 1.807) is 26.0 Å². The van der Waals surface area contributed by atoms with Gasteiger partial charge in [0.05, 0.1) is 19.2 Å². The van der Waals surface area contributed by atoms with Gasteiger partial charge in [0.15, 0.2) is 12.1 Å². The summed E-state index contributed by atoms with van der Waals surface area (Å²) in [5.41, 5.74) is 0.825. The lowest BCUT2D eigenvalue weighted by Gasteiger charge is -2.33. The maximum Gasteiger partial charge on any atom is 0.517 e. The largest absolute Gasteiger partial charge is 0.517 e. The number of hydrogen-bond acceptors (Lipinski definition) is 7. The highest BCUT2D eigenvalue weighted by molar-refractivity contribution is 5.97. The number of fused-ring (bicyclic) bond motifs is 1. The highest BCUT2D eigenvalue weighted by Gasteiger charge is 2.72. The van der Waals surface area contributed by atoms with E-state index >= 15 is 0 Å². The fourth-order valence-corrected chi connectivity index (χ4v) is 5.56. The number of aryl methyl sites for hydroxylation is 2. The summed E-state index contributed by atoms with van der Waals surface area (Å²) >= 11 is 0. The van der Waals surface area contributed by atoms with Crippen molar-refractivity contribution in [2.75, 3.05) is 33.3 Å². The minimum atomic E-state index is -1.18. The number of nitrogens with zero attached hydrogens (tertiary/aromatic N) is 2. The van der Waals surface area contributed by atoms with Crippen LogP contribution in [-0.2, 0) is 9.47 Å². The van der Waals surface area contributed by atoms with Gasteiger partial charge in [-0.05, 0) is 76.4 Å². The lowest BCUT2D eigenvalue weighted by molar-refractivity contribution is -0.756. The summed E-state index contributed by atoms with van der Waals surface area (Å²) in [5.74, 6) is -2.15. The Morgan fingerprint density at radius 3 is 2.40 bits per heavy atom. The number of piperazine rings is 1. The summed E-state index contributed by atoms with van der Waals surface area (Å²) in [6.45, 7) is 13.1. The van der Waals surface area contributed by atoms with E-state index < -0.39 is 23.6 Å². The Morgan fingerprint density at radius 1 is 1.12 bits per heavy atom. The number of quaternary nitrogens is 1. The number of halogens is 1. The third-order valence-electron chi connectivity index (χ3n) is 7.97. The SMILES string of the molecule is COC(=O)c1cc(C(=O)O)c(C)cc1O[C@H](CN1CC[N+]2(C(=O)OC(C)(C)C)C(C1)[C@H]2C)c1ccc(C)c(F)c1. The van der Waals surface area contributed by atoms with Crippen LogP contribution in [0.4, 0.5) is 9.18 Å². The fourth-order valence-electron chi connectivity index (χ4n) is 5.56. The van der Waals surface area contributed by atoms with Crippen LogP contribution in [0.15, 0.2) is 30.3 Å². The van der Waals surface area contributed by atoms with E-state index in [1.165, 1.54) is 25.3 Å². The molecular weight excluding hydrogens is 519 g/mol. The minimum absolute atomic E-state index is 0.0295. The molecule has 0 saturated carbocycles. The van der Waals surface area contributed by atoms with Crippen LogP contribution in [0, 0.1) is 19.7 Å². The van der Waals surface area contributed by atoms with Gasteiger partial charge in [-0.3, -0.25) is 4.90 Å². The molecule has 2 aliphatic heterocycles. The van der Waals surface area contributed by atoms with Crippen molar-refractivity contribution in [1.82, 2.24) is 4.90 Å². The van der Waals surface area contributed by atoms with Gasteiger partial charge in [0.1, 0.15) is 35.4 Å². The first-order valence-electron chi connectivity index (χ1n) is 13.4. The number of carboxylic acids is 1. The summed E-state index contributed by atoms with van der Waals surface area (Å²) < 4.78 is 32.0. The van der Waals surface area contributed by atoms with Crippen LogP contribution in [0.25, 0.3) is 0 Å². The van der Waals surface area contributed by atoms with Crippen molar-refractivity contribution in [2.45, 2.75) is 65.3 Å². The molecule has 0 aliphatic carbocycles. The first kappa shape index (κ1) is 29.5. The molecule has 4 rings (SSSR count). The molecule has 9 nitrogen and oxygen atoms in total. The van der Waals surface area contributed by atoms with Gasteiger partial charge in [-0.25, -0.2) is 18.5 Å². The van der Waals surface area contributed by atoms with Crippen molar-refractivity contribution < 1.29 is 42.6 Å². The number of hydrogen-bond donors (Lipinski definition) is 1. The van der Waals surface area contributed by atoms with Gasteiger partial charge in [-0.2, -0.15) is 4.79 Å². The molecule has 0 radical (unpaired) electrons. The zero-order valence-electron chi connectivity index (χ0n) is 24.1. The zero-order chi connectivity index (χ0) is 29.6. The van der Waals surface area contributed by atoms with Gasteiger partial charge in [0.25, 0.3) is 0 Å². The van der Waals surface area contributed by atoms with Crippen molar-refractivity contribution in [2.24, 2.45) is 0 Å². The minimum Gasteiger partial charge on any atom is -0.483 e. The Hall–Kier alpha value is -3.50. The Kier molecular flexibility index (Phi) is 7.97. The van der Waals surface area contributed by atoms with Crippen LogP contribution in [-0.4, -0.2) is 83.5 Å². The standard InChI is InChI=1S/C30H37FN2O7/c1-17-8-9-20(13-23(17)31)26(39-25-12-18(2)21(27(34)35)14-22(25)28(36)38-7)16-32-10-11-33(19(3)24(33)15-32)29(37)40-30(4,5)6/h8-9,12-14,19,24,26H,10-11,15-16H2,1-7H3/p+1/t19-,24?,26-,33?/m1/s1. The Morgan fingerprint density at radius 2 is 1.82 bits per heavy atom. The number of amides is 1. The number of esters is 1. The Labute approximate surface area is 234 Å². The topological polar surface area (TPSA) is 102 Å². The van der Waals surface area contributed by atoms with Crippen molar-refractivity contribution in [1.29, 1.82) is 0 Å². The van der Waals surface area contributed by atoms with Gasteiger partial charge in [-0.1, -0.05) is 12.1 Å². The van der Waals surface area contributed by atoms with Crippen LogP contribution in [0.2, 0.25) is 0 Å². The van der Waals surface area contributed by atoms with Crippen LogP contribution >= 0.6 is 0 Å². The molecule has 4 atom stereocenters. The van der Waals surface area contributed by atoms with E-state index in [1.807, 2.05) is 20.8 Å². The molecule has 10 heteroatoms. The lowest BCUT2D eigenvalue weighted by Crippen LogP contribution is -2.52. The van der Waals surface area contributed by atoms with Crippen LogP contribution in [0.3, 0.4) is 0 Å². The predicted molar refractivity (Wildman–Crippen MR) is 145 cm³/mol. The number of rotatable bonds is 7. The van der Waals surface area contributed by atoms with Crippen LogP contribution in [0.1, 0.15) is 71.2 Å². The number of aromatic carboxylic acids is 1. The van der Waals surface area contributed by atoms with E-state index in [9.17, 15) is 23.9 Å². The van der Waals surface area contributed by atoms with Gasteiger partial charge < -0.3 is 19.3 Å². The molecule has 2 unspecified atom stereocenters. The van der Waals surface area contributed by atoms with E-state index in [0.29, 0.717) is 47.4 Å². The summed E-state index contributed by atoms with van der Waals surface area (Å²) in [6, 6.07) is 7.80. The molecule has 2 aromatic rings. The maximum atomic E-state index is 14.7. The van der Waals surface area contributed by atoms with Gasteiger partial charge in [0, 0.05) is 13.1 Å². The van der Waals surface area contributed by atoms with Crippen LogP contribution < -0.4 is 4.74 Å². The molecule has 1 amide bonds. The van der Waals surface area contributed by atoms with Crippen molar-refractivity contribution in [3.8, 4) is 5.75 Å². The molecule has 2 heterocycles. The highest BCUT2D eigenvalue weighted by atomic mass is 19.1. The molecule has 1 N–H and O–H groups in total. The number of benzene rings is 2. The van der Waals surface area contributed by atoms with Gasteiger partial charge >= 0.3 is 18.0 Å². The maximum absolute atomic E-state index is 14.7. The van der Waals surface area contributed by atoms with E-state index in [2.05, 4.69) is 11.8 Å². The molecule has 40 heavy (non-hydrogen) atoms. The van der Waals surface area contributed by atoms with Crippen LogP contribution in [0.5, 0.6) is 5.75 Å².